The number of fused-ring (bicyclic) bond motifs is 1. The zero-order valence-corrected chi connectivity index (χ0v) is 10.2. The summed E-state index contributed by atoms with van der Waals surface area (Å²) in [6, 6.07) is 8.74. The van der Waals surface area contributed by atoms with Gasteiger partial charge in [-0.15, -0.1) is 0 Å². The minimum Gasteiger partial charge on any atom is -0.453 e. The number of hydrogen-bond acceptors (Lipinski definition) is 4. The number of para-hydroxylation sites is 1. The van der Waals surface area contributed by atoms with Gasteiger partial charge in [0.2, 0.25) is 5.78 Å². The lowest BCUT2D eigenvalue weighted by atomic mass is 10.2. The quantitative estimate of drug-likeness (QED) is 0.781. The molecule has 0 spiro atoms. The fourth-order valence-electron chi connectivity index (χ4n) is 1.49. The van der Waals surface area contributed by atoms with Gasteiger partial charge in [-0.05, 0) is 12.1 Å². The summed E-state index contributed by atoms with van der Waals surface area (Å²) in [5.74, 6) is -0.936. The molecule has 5 heteroatoms. The second-order valence-electron chi connectivity index (χ2n) is 3.75. The first-order valence-electron chi connectivity index (χ1n) is 5.24. The van der Waals surface area contributed by atoms with Crippen LogP contribution >= 0.6 is 0 Å². The van der Waals surface area contributed by atoms with E-state index >= 15 is 0 Å². The van der Waals surface area contributed by atoms with Crippen LogP contribution in [0.15, 0.2) is 34.7 Å². The van der Waals surface area contributed by atoms with Crippen molar-refractivity contribution in [3.8, 4) is 0 Å². The smallest absolute Gasteiger partial charge is 0.213 e. The lowest BCUT2D eigenvalue weighted by Crippen LogP contribution is -2.17. The Morgan fingerprint density at radius 1 is 1.29 bits per heavy atom. The third kappa shape index (κ3) is 2.55. The van der Waals surface area contributed by atoms with Crippen LogP contribution in [0.1, 0.15) is 17.5 Å². The third-order valence-electron chi connectivity index (χ3n) is 2.49. The molecule has 0 saturated carbocycles. The number of ketones is 1. The average Bonchev–Trinajstić information content (AvgIpc) is 2.72. The standard InChI is InChI=1S/C12H12O4S/c1-2-17(14,15)8-10(13)12-7-9-5-3-4-6-11(9)16-12/h3-7H,2,8H2,1H3. The molecule has 0 atom stereocenters. The van der Waals surface area contributed by atoms with Gasteiger partial charge in [-0.1, -0.05) is 25.1 Å². The molecule has 2 rings (SSSR count). The van der Waals surface area contributed by atoms with Gasteiger partial charge in [-0.25, -0.2) is 8.42 Å². The summed E-state index contributed by atoms with van der Waals surface area (Å²) in [6.07, 6.45) is 0. The summed E-state index contributed by atoms with van der Waals surface area (Å²) in [7, 11) is -3.31. The van der Waals surface area contributed by atoms with E-state index in [1.807, 2.05) is 12.1 Å². The number of carbonyl (C=O) groups is 1. The topological polar surface area (TPSA) is 64.3 Å². The van der Waals surface area contributed by atoms with Crippen molar-refractivity contribution in [1.82, 2.24) is 0 Å². The summed E-state index contributed by atoms with van der Waals surface area (Å²) in [5, 5.41) is 0.796. The monoisotopic (exact) mass is 252 g/mol. The van der Waals surface area contributed by atoms with E-state index < -0.39 is 21.4 Å². The highest BCUT2D eigenvalue weighted by Crippen LogP contribution is 2.19. The lowest BCUT2D eigenvalue weighted by Gasteiger charge is -1.97. The summed E-state index contributed by atoms with van der Waals surface area (Å²) in [5.41, 5.74) is 0.588. The molecule has 0 unspecified atom stereocenters. The average molecular weight is 252 g/mol. The lowest BCUT2D eigenvalue weighted by molar-refractivity contribution is 0.0992. The molecule has 17 heavy (non-hydrogen) atoms. The van der Waals surface area contributed by atoms with Crippen molar-refractivity contribution < 1.29 is 17.6 Å². The molecule has 0 aliphatic heterocycles. The third-order valence-corrected chi connectivity index (χ3v) is 4.07. The molecule has 0 bridgehead atoms. The van der Waals surface area contributed by atoms with Crippen LogP contribution in [-0.4, -0.2) is 25.7 Å². The number of rotatable bonds is 4. The van der Waals surface area contributed by atoms with E-state index in [0.29, 0.717) is 5.58 Å². The van der Waals surface area contributed by atoms with Gasteiger partial charge in [0.1, 0.15) is 11.3 Å². The fourth-order valence-corrected chi connectivity index (χ4v) is 2.24. The van der Waals surface area contributed by atoms with Crippen molar-refractivity contribution in [2.24, 2.45) is 0 Å². The molecule has 1 heterocycles. The SMILES string of the molecule is CCS(=O)(=O)CC(=O)c1cc2ccccc2o1. The van der Waals surface area contributed by atoms with Gasteiger partial charge in [-0.3, -0.25) is 4.79 Å². The summed E-state index contributed by atoms with van der Waals surface area (Å²) in [6.45, 7) is 1.52. The maximum Gasteiger partial charge on any atom is 0.213 e. The van der Waals surface area contributed by atoms with E-state index in [1.54, 1.807) is 18.2 Å². The molecule has 0 amide bonds. The van der Waals surface area contributed by atoms with Crippen LogP contribution < -0.4 is 0 Å². The van der Waals surface area contributed by atoms with Crippen LogP contribution in [0.5, 0.6) is 0 Å². The highest BCUT2D eigenvalue weighted by Gasteiger charge is 2.19. The Balaban J connectivity index is 2.31. The first kappa shape index (κ1) is 11.9. The van der Waals surface area contributed by atoms with Crippen LogP contribution in [0.25, 0.3) is 11.0 Å². The molecular formula is C12H12O4S. The number of carbonyl (C=O) groups excluding carboxylic acids is 1. The maximum absolute atomic E-state index is 11.7. The molecule has 1 aromatic carbocycles. The number of benzene rings is 1. The molecule has 0 fully saturated rings. The van der Waals surface area contributed by atoms with Gasteiger partial charge in [0, 0.05) is 11.1 Å². The Labute approximate surface area is 99.2 Å². The van der Waals surface area contributed by atoms with E-state index in [9.17, 15) is 13.2 Å². The first-order valence-corrected chi connectivity index (χ1v) is 7.06. The van der Waals surface area contributed by atoms with Crippen molar-refractivity contribution in [2.45, 2.75) is 6.92 Å². The summed E-state index contributed by atoms with van der Waals surface area (Å²) in [4.78, 5) is 11.7. The molecule has 0 radical (unpaired) electrons. The first-order chi connectivity index (χ1) is 8.02. The largest absolute Gasteiger partial charge is 0.453 e. The Morgan fingerprint density at radius 3 is 2.65 bits per heavy atom. The highest BCUT2D eigenvalue weighted by molar-refractivity contribution is 7.92. The number of sulfone groups is 1. The molecule has 2 aromatic rings. The zero-order chi connectivity index (χ0) is 12.5. The van der Waals surface area contributed by atoms with E-state index in [2.05, 4.69) is 0 Å². The van der Waals surface area contributed by atoms with E-state index in [4.69, 9.17) is 4.42 Å². The van der Waals surface area contributed by atoms with Crippen LogP contribution in [-0.2, 0) is 9.84 Å². The molecule has 0 aliphatic carbocycles. The summed E-state index contributed by atoms with van der Waals surface area (Å²) >= 11 is 0. The van der Waals surface area contributed by atoms with Crippen LogP contribution in [0.2, 0.25) is 0 Å². The molecule has 0 aliphatic rings. The predicted octanol–water partition coefficient (Wildman–Crippen LogP) is 2.05. The second kappa shape index (κ2) is 4.33. The van der Waals surface area contributed by atoms with Gasteiger partial charge < -0.3 is 4.42 Å². The highest BCUT2D eigenvalue weighted by atomic mass is 32.2. The van der Waals surface area contributed by atoms with Gasteiger partial charge >= 0.3 is 0 Å². The zero-order valence-electron chi connectivity index (χ0n) is 9.34. The van der Waals surface area contributed by atoms with Crippen molar-refractivity contribution >= 4 is 26.6 Å². The van der Waals surface area contributed by atoms with Gasteiger partial charge in [0.05, 0.1) is 0 Å². The van der Waals surface area contributed by atoms with Crippen molar-refractivity contribution in [3.63, 3.8) is 0 Å². The van der Waals surface area contributed by atoms with Crippen molar-refractivity contribution in [2.75, 3.05) is 11.5 Å². The molecule has 1 aromatic heterocycles. The Morgan fingerprint density at radius 2 is 2.00 bits per heavy atom. The van der Waals surface area contributed by atoms with Crippen LogP contribution in [0.4, 0.5) is 0 Å². The number of furan rings is 1. The van der Waals surface area contributed by atoms with Crippen molar-refractivity contribution in [3.05, 3.63) is 36.1 Å². The molecule has 90 valence electrons. The van der Waals surface area contributed by atoms with E-state index in [-0.39, 0.29) is 11.5 Å². The Kier molecular flexibility index (Phi) is 3.02. The van der Waals surface area contributed by atoms with Crippen LogP contribution in [0.3, 0.4) is 0 Å². The summed E-state index contributed by atoms with van der Waals surface area (Å²) < 4.78 is 28.0. The normalized spacial score (nSPS) is 11.8. The van der Waals surface area contributed by atoms with E-state index in [1.165, 1.54) is 6.92 Å². The minimum atomic E-state index is -3.31. The molecule has 0 saturated heterocycles. The Bertz CT molecular complexity index is 619. The Hall–Kier alpha value is -1.62. The van der Waals surface area contributed by atoms with Gasteiger partial charge in [-0.2, -0.15) is 0 Å². The van der Waals surface area contributed by atoms with Crippen LogP contribution in [0, 0.1) is 0 Å². The second-order valence-corrected chi connectivity index (χ2v) is 6.10. The van der Waals surface area contributed by atoms with Gasteiger partial charge in [0.15, 0.2) is 15.6 Å². The number of hydrogen-bond donors (Lipinski definition) is 0. The number of Topliss-reactive ketones (excluding diaryl/α,β-unsaturated/α-hetero) is 1. The molecular weight excluding hydrogens is 240 g/mol. The molecule has 0 N–H and O–H groups in total. The fraction of sp³-hybridized carbons (Fsp3) is 0.250. The van der Waals surface area contributed by atoms with Gasteiger partial charge in [0.25, 0.3) is 0 Å². The minimum absolute atomic E-state index is 0.0427. The maximum atomic E-state index is 11.7. The molecule has 4 nitrogen and oxygen atoms in total. The predicted molar refractivity (Wildman–Crippen MR) is 64.9 cm³/mol. The van der Waals surface area contributed by atoms with E-state index in [0.717, 1.165) is 5.39 Å². The van der Waals surface area contributed by atoms with Crippen molar-refractivity contribution in [1.29, 1.82) is 0 Å².